The quantitative estimate of drug-likeness (QED) is 0.0156. The Morgan fingerprint density at radius 3 is 1.09 bits per heavy atom. The second-order valence-corrected chi connectivity index (χ2v) is 30.4. The Morgan fingerprint density at radius 2 is 0.754 bits per heavy atom. The second-order valence-electron chi connectivity index (χ2n) is 26.6. The van der Waals surface area contributed by atoms with Crippen LogP contribution in [0.25, 0.3) is 0 Å². The van der Waals surface area contributed by atoms with Crippen molar-refractivity contribution in [2.45, 2.75) is 149 Å². The maximum Gasteiger partial charge on any atom is 0.338 e. The lowest BCUT2D eigenvalue weighted by Crippen LogP contribution is -2.48. The number of carbonyl (C=O) groups is 7. The van der Waals surface area contributed by atoms with Gasteiger partial charge in [-0.15, -0.1) is 6.58 Å². The van der Waals surface area contributed by atoms with Gasteiger partial charge in [0, 0.05) is 67.9 Å². The van der Waals surface area contributed by atoms with Crippen molar-refractivity contribution in [2.75, 3.05) is 45.5 Å². The van der Waals surface area contributed by atoms with E-state index in [9.17, 15) is 38.7 Å². The summed E-state index contributed by atoms with van der Waals surface area (Å²) in [6.45, 7) is 37.7. The van der Waals surface area contributed by atoms with Crippen molar-refractivity contribution >= 4 is 154 Å². The Balaban J connectivity index is 0.000000488. The van der Waals surface area contributed by atoms with E-state index in [2.05, 4.69) is 67.7 Å². The molecule has 12 aromatic rings. The molecule has 2 heterocycles. The van der Waals surface area contributed by atoms with Crippen molar-refractivity contribution in [1.29, 1.82) is 0 Å². The van der Waals surface area contributed by atoms with E-state index in [-0.39, 0.29) is 53.2 Å². The molecule has 0 aliphatic carbocycles. The molecule has 14 rings (SSSR count). The van der Waals surface area contributed by atoms with E-state index in [1.165, 1.54) is 0 Å². The highest BCUT2D eigenvalue weighted by atomic mass is 127. The van der Waals surface area contributed by atoms with Crippen molar-refractivity contribution in [3.05, 3.63) is 397 Å². The summed E-state index contributed by atoms with van der Waals surface area (Å²) in [5.74, 6) is -2.02. The van der Waals surface area contributed by atoms with Gasteiger partial charge in [-0.1, -0.05) is 269 Å². The molecule has 21 heteroatoms. The Morgan fingerprint density at radius 1 is 0.429 bits per heavy atom. The van der Waals surface area contributed by atoms with Gasteiger partial charge >= 0.3 is 11.9 Å². The molecule has 0 spiro atoms. The number of aryl methyl sites for hydroxylation is 7. The zero-order valence-corrected chi connectivity index (χ0v) is 82.5. The number of aliphatic hydroxyl groups is 1. The predicted molar refractivity (Wildman–Crippen MR) is 551 cm³/mol. The highest BCUT2D eigenvalue weighted by Gasteiger charge is 2.34. The number of amides is 4. The molecule has 1 fully saturated rings. The number of epoxide rings is 1. The highest BCUT2D eigenvalue weighted by Crippen LogP contribution is 2.31. The first-order valence-electron chi connectivity index (χ1n) is 41.8. The fourth-order valence-corrected chi connectivity index (χ4v) is 15.2. The molecule has 1 saturated heterocycles. The molecular formula is C105H122ClI3N6O11. The van der Waals surface area contributed by atoms with Gasteiger partial charge in [0.25, 0.3) is 28.9 Å². The average Bonchev–Trinajstić information content (AvgIpc) is 1.08. The molecule has 10 N–H and O–H groups in total. The lowest BCUT2D eigenvalue weighted by Gasteiger charge is -2.36. The van der Waals surface area contributed by atoms with Crippen LogP contribution in [-0.4, -0.2) is 81.5 Å². The Kier molecular flexibility index (Phi) is 54.7. The molecule has 2 aliphatic rings. The summed E-state index contributed by atoms with van der Waals surface area (Å²) in [6.07, 6.45) is 4.28. The molecule has 0 bridgehead atoms. The smallest absolute Gasteiger partial charge is 0.338 e. The first-order valence-corrected chi connectivity index (χ1v) is 45.4. The summed E-state index contributed by atoms with van der Waals surface area (Å²) >= 11 is 11.7. The average molecular weight is 2060 g/mol. The van der Waals surface area contributed by atoms with Gasteiger partial charge < -0.3 is 52.4 Å². The number of nitrogens with zero attached hydrogens (tertiary/aromatic N) is 1. The van der Waals surface area contributed by atoms with Gasteiger partial charge in [-0.25, -0.2) is 9.59 Å². The van der Waals surface area contributed by atoms with Crippen LogP contribution >= 0.6 is 79.4 Å². The third-order valence-corrected chi connectivity index (χ3v) is 20.8. The van der Waals surface area contributed by atoms with Gasteiger partial charge in [0.05, 0.1) is 47.6 Å². The summed E-state index contributed by atoms with van der Waals surface area (Å²) < 4.78 is 7.93. The van der Waals surface area contributed by atoms with Gasteiger partial charge in [-0.3, -0.25) is 24.0 Å². The zero-order chi connectivity index (χ0) is 94.4. The van der Waals surface area contributed by atoms with Crippen LogP contribution in [0.1, 0.15) is 197 Å². The molecule has 17 nitrogen and oxygen atoms in total. The first-order chi connectivity index (χ1) is 60.6. The molecule has 126 heavy (non-hydrogen) atoms. The van der Waals surface area contributed by atoms with E-state index in [1.54, 1.807) is 49.1 Å². The van der Waals surface area contributed by atoms with E-state index < -0.39 is 11.9 Å². The third kappa shape index (κ3) is 37.2. The van der Waals surface area contributed by atoms with Crippen molar-refractivity contribution in [3.8, 4) is 0 Å². The minimum atomic E-state index is -0.972. The highest BCUT2D eigenvalue weighted by molar-refractivity contribution is 14.1. The summed E-state index contributed by atoms with van der Waals surface area (Å²) in [5.41, 5.74) is 29.0. The summed E-state index contributed by atoms with van der Waals surface area (Å²) in [6, 6.07) is 87.0. The van der Waals surface area contributed by atoms with Crippen molar-refractivity contribution in [1.82, 2.24) is 0 Å². The lowest BCUT2D eigenvalue weighted by molar-refractivity contribution is 0.0685. The minimum Gasteiger partial charge on any atom is -0.478 e. The maximum absolute atomic E-state index is 12.8. The number of carboxylic acids is 2. The molecule has 4 amide bonds. The van der Waals surface area contributed by atoms with Crippen LogP contribution in [0.15, 0.2) is 292 Å². The summed E-state index contributed by atoms with van der Waals surface area (Å²) in [4.78, 5) is 83.6. The molecule has 2 unspecified atom stereocenters. The fraction of sp³-hybridized carbons (Fsp3) is 0.229. The number of carboxylic acid groups (broad SMARTS) is 2. The summed E-state index contributed by atoms with van der Waals surface area (Å²) in [5, 5.41) is 35.4. The number of ether oxygens (including phenoxy) is 1. The molecule has 0 aromatic heterocycles. The van der Waals surface area contributed by atoms with Crippen molar-refractivity contribution in [2.24, 2.45) is 0 Å². The number of nitrogen functional groups attached to an aromatic ring is 2. The zero-order valence-electron chi connectivity index (χ0n) is 75.3. The number of hydrogen-bond donors (Lipinski definition) is 8. The van der Waals surface area contributed by atoms with Crippen LogP contribution in [0.3, 0.4) is 0 Å². The van der Waals surface area contributed by atoms with Gasteiger partial charge in [-0.05, 0) is 281 Å². The third-order valence-electron chi connectivity index (χ3n) is 18.0. The van der Waals surface area contributed by atoms with Gasteiger partial charge in [-0.2, -0.15) is 0 Å². The van der Waals surface area contributed by atoms with Gasteiger partial charge in [0.15, 0.2) is 0 Å². The van der Waals surface area contributed by atoms with Gasteiger partial charge in [0.2, 0.25) is 0 Å². The van der Waals surface area contributed by atoms with Crippen molar-refractivity contribution in [3.63, 3.8) is 0 Å². The van der Waals surface area contributed by atoms with E-state index in [0.29, 0.717) is 35.2 Å². The largest absolute Gasteiger partial charge is 0.478 e. The van der Waals surface area contributed by atoms with Crippen LogP contribution in [-0.2, 0) is 24.0 Å². The van der Waals surface area contributed by atoms with E-state index >= 15 is 0 Å². The predicted octanol–water partition coefficient (Wildman–Crippen LogP) is 26.5. The molecule has 12 aromatic carbocycles. The number of nitrogens with one attached hydrogen (secondary N) is 3. The van der Waals surface area contributed by atoms with Crippen LogP contribution in [0, 0.1) is 59.2 Å². The number of carbonyl (C=O) groups excluding carboxylic acids is 5. The number of benzene rings is 12. The molecule has 666 valence electrons. The number of hydrogen-bond acceptors (Lipinski definition) is 11. The number of rotatable bonds is 15. The number of fused-ring (bicyclic) bond motifs is 1. The molecule has 0 saturated carbocycles. The van der Waals surface area contributed by atoms with Crippen LogP contribution in [0.2, 0.25) is 0 Å². The standard InChI is InChI=1S/2C17H17NO2.C17H17NO.C14H12INO.C8H6ClIO.C8H7IO2.C8H9NO2.C6H7N.5C2H6/c1-12-6-5-7-13(10-15-11-20-15)16(12)17(19)18-14-8-3-2-4-9-14;1-12-6-5-7-13-10-15(11-19)18(17(20)16(12)13)14-8-3-2-4-9-14;1-3-8-14-10-7-9-13(2)16(14)17(19)18-15-11-5-4-6-12-15;1-10-6-5-9-12(15)13(10)14(17)16-11-7-3-2-4-8-11;1-5-3-2-4-6(10)7(5)8(9)11;2*1-5-3-2-4-6(9)7(5)8(10)11;7-6-4-2-1-3-5-6;5*1-2/h2-9,15H,10-11H2,1H3,(H,18,19);2-9,15,19H,10-11H2,1H3;3-7,9-12H,1,8H2,2H3,(H,18,19);2-9H,1H3,(H,16,17);2-4H,1H3;2-4H,1H3,(H,10,11);2-4H,9H2,1H3,(H,10,11);1-5H,7H2;5*1-2H3. The Bertz CT molecular complexity index is 5110. The Hall–Kier alpha value is -11.1. The number of halogens is 4. The monoisotopic (exact) mass is 2060 g/mol. The van der Waals surface area contributed by atoms with E-state index in [4.69, 9.17) is 38.0 Å². The Labute approximate surface area is 792 Å². The number of allylic oxidation sites excluding steroid dienone is 1. The molecular weight excluding hydrogens is 1940 g/mol. The molecule has 2 aliphatic heterocycles. The number of para-hydroxylation sites is 5. The number of nitrogens with two attached hydrogens (primary N) is 2. The minimum absolute atomic E-state index is 0.0189. The molecule has 0 radical (unpaired) electrons. The maximum atomic E-state index is 12.8. The van der Waals surface area contributed by atoms with E-state index in [1.807, 2.05) is 381 Å². The molecule has 2 atom stereocenters. The van der Waals surface area contributed by atoms with Crippen LogP contribution in [0.5, 0.6) is 0 Å². The number of anilines is 6. The lowest BCUT2D eigenvalue weighted by atomic mass is 9.90. The summed E-state index contributed by atoms with van der Waals surface area (Å²) in [7, 11) is 0. The van der Waals surface area contributed by atoms with Crippen molar-refractivity contribution < 1.29 is 53.6 Å². The van der Waals surface area contributed by atoms with Gasteiger partial charge in [0.1, 0.15) is 0 Å². The normalized spacial score (nSPS) is 11.6. The SMILES string of the molecule is C=CCc1cccc(C)c1C(=O)Nc1ccccc1.CC.CC.CC.CC.CC.Cc1cccc(CC2CO2)c1C(=O)Nc1ccccc1.Cc1cccc(I)c1C(=O)Cl.Cc1cccc(I)c1C(=O)Nc1ccccc1.Cc1cccc(I)c1C(=O)O.Cc1cccc(N)c1C(=O)O.Cc1cccc2c1C(=O)N(c1ccccc1)C(CO)C2.Nc1ccccc1. The van der Waals surface area contributed by atoms with Crippen LogP contribution < -0.4 is 32.3 Å². The number of aromatic carboxylic acids is 2. The fourth-order valence-electron chi connectivity index (χ4n) is 12.2. The van der Waals surface area contributed by atoms with Crippen LogP contribution in [0.4, 0.5) is 34.1 Å². The second kappa shape index (κ2) is 62.1. The topological polar surface area (TPSA) is 284 Å². The first kappa shape index (κ1) is 111. The van der Waals surface area contributed by atoms with E-state index in [0.717, 1.165) is 125 Å². The number of aliphatic hydroxyl groups excluding tert-OH is 1.